The lowest BCUT2D eigenvalue weighted by Crippen LogP contribution is -2.17. The highest BCUT2D eigenvalue weighted by Crippen LogP contribution is 2.26. The van der Waals surface area contributed by atoms with Gasteiger partial charge in [0.2, 0.25) is 0 Å². The molecule has 2 rings (SSSR count). The van der Waals surface area contributed by atoms with Gasteiger partial charge in [-0.2, -0.15) is 0 Å². The van der Waals surface area contributed by atoms with Crippen LogP contribution in [0.3, 0.4) is 0 Å². The molecule has 76 valence electrons. The van der Waals surface area contributed by atoms with E-state index in [-0.39, 0.29) is 6.04 Å². The summed E-state index contributed by atoms with van der Waals surface area (Å²) in [6.07, 6.45) is 2.11. The van der Waals surface area contributed by atoms with Crippen LogP contribution < -0.4 is 11.1 Å². The third kappa shape index (κ3) is 1.90. The molecule has 2 unspecified atom stereocenters. The maximum Gasteiger partial charge on any atom is 0.0378 e. The molecule has 2 atom stereocenters. The largest absolute Gasteiger partial charge is 0.382 e. The van der Waals surface area contributed by atoms with Crippen LogP contribution in [-0.2, 0) is 12.8 Å². The van der Waals surface area contributed by atoms with Gasteiger partial charge in [-0.05, 0) is 43.9 Å². The highest BCUT2D eigenvalue weighted by atomic mass is 14.9. The maximum absolute atomic E-state index is 5.78. The molecule has 0 saturated carbocycles. The molecule has 0 aromatic heterocycles. The van der Waals surface area contributed by atoms with Crippen molar-refractivity contribution in [1.82, 2.24) is 0 Å². The van der Waals surface area contributed by atoms with Crippen molar-refractivity contribution in [2.75, 3.05) is 5.32 Å². The number of hydrogen-bond acceptors (Lipinski definition) is 2. The normalized spacial score (nSPS) is 21.5. The molecule has 1 aliphatic heterocycles. The van der Waals surface area contributed by atoms with Crippen LogP contribution in [0.15, 0.2) is 18.2 Å². The van der Waals surface area contributed by atoms with Gasteiger partial charge in [-0.3, -0.25) is 0 Å². The zero-order chi connectivity index (χ0) is 10.1. The van der Waals surface area contributed by atoms with Crippen molar-refractivity contribution in [3.8, 4) is 0 Å². The van der Waals surface area contributed by atoms with E-state index < -0.39 is 0 Å². The molecule has 2 nitrogen and oxygen atoms in total. The summed E-state index contributed by atoms with van der Waals surface area (Å²) in [5.41, 5.74) is 9.85. The Hall–Kier alpha value is -1.02. The zero-order valence-corrected chi connectivity index (χ0v) is 8.88. The minimum absolute atomic E-state index is 0.242. The summed E-state index contributed by atoms with van der Waals surface area (Å²) in [5, 5.41) is 3.47. The van der Waals surface area contributed by atoms with Gasteiger partial charge in [0.05, 0.1) is 0 Å². The predicted octanol–water partition coefficient (Wildman–Crippen LogP) is 1.93. The fourth-order valence-corrected chi connectivity index (χ4v) is 2.08. The Morgan fingerprint density at radius 2 is 2.36 bits per heavy atom. The van der Waals surface area contributed by atoms with Crippen molar-refractivity contribution in [2.24, 2.45) is 5.73 Å². The Morgan fingerprint density at radius 1 is 1.57 bits per heavy atom. The van der Waals surface area contributed by atoms with Crippen molar-refractivity contribution in [3.63, 3.8) is 0 Å². The fourth-order valence-electron chi connectivity index (χ4n) is 2.08. The lowest BCUT2D eigenvalue weighted by Gasteiger charge is -2.07. The van der Waals surface area contributed by atoms with E-state index in [4.69, 9.17) is 5.73 Å². The molecule has 0 aliphatic carbocycles. The van der Waals surface area contributed by atoms with Gasteiger partial charge in [-0.25, -0.2) is 0 Å². The number of nitrogens with two attached hydrogens (primary N) is 1. The Kier molecular flexibility index (Phi) is 2.46. The molecule has 1 heterocycles. The van der Waals surface area contributed by atoms with Crippen LogP contribution in [0.4, 0.5) is 5.69 Å². The molecule has 0 bridgehead atoms. The summed E-state index contributed by atoms with van der Waals surface area (Å²) >= 11 is 0. The summed E-state index contributed by atoms with van der Waals surface area (Å²) in [7, 11) is 0. The van der Waals surface area contributed by atoms with Gasteiger partial charge in [-0.1, -0.05) is 12.1 Å². The first kappa shape index (κ1) is 9.53. The quantitative estimate of drug-likeness (QED) is 0.748. The second-order valence-corrected chi connectivity index (χ2v) is 4.42. The van der Waals surface area contributed by atoms with Crippen molar-refractivity contribution < 1.29 is 0 Å². The van der Waals surface area contributed by atoms with E-state index in [2.05, 4.69) is 30.4 Å². The summed E-state index contributed by atoms with van der Waals surface area (Å²) in [6.45, 7) is 4.26. The molecule has 0 saturated heterocycles. The molecule has 0 radical (unpaired) electrons. The van der Waals surface area contributed by atoms with E-state index >= 15 is 0 Å². The standard InChI is InChI=1S/C12H18N2/c1-8(13)5-10-3-4-11-6-9(2)14-12(11)7-10/h3-4,7-9,14H,5-6,13H2,1-2H3. The van der Waals surface area contributed by atoms with E-state index in [1.165, 1.54) is 16.8 Å². The summed E-state index contributed by atoms with van der Waals surface area (Å²) in [5.74, 6) is 0. The maximum atomic E-state index is 5.78. The van der Waals surface area contributed by atoms with Crippen LogP contribution in [0, 0.1) is 0 Å². The zero-order valence-electron chi connectivity index (χ0n) is 8.88. The molecule has 1 aliphatic rings. The van der Waals surface area contributed by atoms with Crippen molar-refractivity contribution in [1.29, 1.82) is 0 Å². The number of fused-ring (bicyclic) bond motifs is 1. The molecular weight excluding hydrogens is 172 g/mol. The molecule has 3 N–H and O–H groups in total. The number of hydrogen-bond donors (Lipinski definition) is 2. The van der Waals surface area contributed by atoms with Crippen LogP contribution in [0.1, 0.15) is 25.0 Å². The minimum atomic E-state index is 0.242. The highest BCUT2D eigenvalue weighted by Gasteiger charge is 2.16. The fraction of sp³-hybridized carbons (Fsp3) is 0.500. The van der Waals surface area contributed by atoms with Gasteiger partial charge >= 0.3 is 0 Å². The molecule has 0 spiro atoms. The van der Waals surface area contributed by atoms with Crippen LogP contribution in [-0.4, -0.2) is 12.1 Å². The lowest BCUT2D eigenvalue weighted by atomic mass is 10.0. The Labute approximate surface area is 85.5 Å². The van der Waals surface area contributed by atoms with Crippen molar-refractivity contribution >= 4 is 5.69 Å². The molecule has 0 fully saturated rings. The molecule has 1 aromatic rings. The lowest BCUT2D eigenvalue weighted by molar-refractivity contribution is 0.738. The SMILES string of the molecule is CC(N)Cc1ccc2c(c1)NC(C)C2. The second kappa shape index (κ2) is 3.62. The van der Waals surface area contributed by atoms with Gasteiger partial charge in [0.15, 0.2) is 0 Å². The van der Waals surface area contributed by atoms with Gasteiger partial charge in [0, 0.05) is 17.8 Å². The number of anilines is 1. The summed E-state index contributed by atoms with van der Waals surface area (Å²) in [6, 6.07) is 7.48. The first-order chi connectivity index (χ1) is 6.65. The first-order valence-corrected chi connectivity index (χ1v) is 5.29. The minimum Gasteiger partial charge on any atom is -0.382 e. The molecule has 1 aromatic carbocycles. The second-order valence-electron chi connectivity index (χ2n) is 4.42. The van der Waals surface area contributed by atoms with E-state index in [1.54, 1.807) is 0 Å². The topological polar surface area (TPSA) is 38.0 Å². The third-order valence-corrected chi connectivity index (χ3v) is 2.66. The van der Waals surface area contributed by atoms with E-state index in [9.17, 15) is 0 Å². The Balaban J connectivity index is 2.20. The predicted molar refractivity (Wildman–Crippen MR) is 60.6 cm³/mol. The average Bonchev–Trinajstić information content (AvgIpc) is 2.42. The van der Waals surface area contributed by atoms with Crippen LogP contribution in [0.2, 0.25) is 0 Å². The molecule has 2 heteroatoms. The van der Waals surface area contributed by atoms with E-state index in [0.717, 1.165) is 12.8 Å². The monoisotopic (exact) mass is 190 g/mol. The van der Waals surface area contributed by atoms with Crippen LogP contribution in [0.25, 0.3) is 0 Å². The van der Waals surface area contributed by atoms with Gasteiger partial charge in [0.1, 0.15) is 0 Å². The highest BCUT2D eigenvalue weighted by molar-refractivity contribution is 5.58. The molecule has 14 heavy (non-hydrogen) atoms. The average molecular weight is 190 g/mol. The molecule has 0 amide bonds. The summed E-state index contributed by atoms with van der Waals surface area (Å²) in [4.78, 5) is 0. The van der Waals surface area contributed by atoms with Gasteiger partial charge in [-0.15, -0.1) is 0 Å². The van der Waals surface area contributed by atoms with Crippen LogP contribution in [0.5, 0.6) is 0 Å². The van der Waals surface area contributed by atoms with Crippen molar-refractivity contribution in [3.05, 3.63) is 29.3 Å². The number of rotatable bonds is 2. The van der Waals surface area contributed by atoms with Gasteiger partial charge in [0.25, 0.3) is 0 Å². The van der Waals surface area contributed by atoms with Crippen molar-refractivity contribution in [2.45, 2.75) is 38.8 Å². The first-order valence-electron chi connectivity index (χ1n) is 5.29. The van der Waals surface area contributed by atoms with E-state index in [1.807, 2.05) is 6.92 Å². The molecular formula is C12H18N2. The number of nitrogens with one attached hydrogen (secondary N) is 1. The summed E-state index contributed by atoms with van der Waals surface area (Å²) < 4.78 is 0. The van der Waals surface area contributed by atoms with E-state index in [0.29, 0.717) is 6.04 Å². The number of benzene rings is 1. The smallest absolute Gasteiger partial charge is 0.0378 e. The van der Waals surface area contributed by atoms with Gasteiger partial charge < -0.3 is 11.1 Å². The Morgan fingerprint density at radius 3 is 3.07 bits per heavy atom. The third-order valence-electron chi connectivity index (χ3n) is 2.66. The Bertz CT molecular complexity index is 331. The van der Waals surface area contributed by atoms with Crippen LogP contribution >= 0.6 is 0 Å².